The van der Waals surface area contributed by atoms with Crippen molar-refractivity contribution in [1.82, 2.24) is 20.9 Å². The van der Waals surface area contributed by atoms with E-state index in [9.17, 15) is 14.4 Å². The summed E-state index contributed by atoms with van der Waals surface area (Å²) < 4.78 is 12.0. The van der Waals surface area contributed by atoms with Gasteiger partial charge < -0.3 is 29.7 Å². The van der Waals surface area contributed by atoms with Crippen LogP contribution in [-0.2, 0) is 23.2 Å². The van der Waals surface area contributed by atoms with Crippen LogP contribution in [0.2, 0.25) is 36.3 Å². The fraction of sp³-hybridized carbons (Fsp3) is 0.818. The first-order valence-electron chi connectivity index (χ1n) is 17.3. The van der Waals surface area contributed by atoms with Crippen molar-refractivity contribution in [1.29, 1.82) is 0 Å². The summed E-state index contributed by atoms with van der Waals surface area (Å²) in [6, 6.07) is 0. The van der Waals surface area contributed by atoms with Crippen molar-refractivity contribution in [2.45, 2.75) is 113 Å². The Labute approximate surface area is 316 Å². The molecule has 0 bridgehead atoms. The number of hydrogen-bond acceptors (Lipinski definition) is 12. The van der Waals surface area contributed by atoms with Gasteiger partial charge in [0.2, 0.25) is 17.7 Å². The maximum absolute atomic E-state index is 12.9. The summed E-state index contributed by atoms with van der Waals surface area (Å²) in [7, 11) is 3.52. The Bertz CT molecular complexity index is 1270. The van der Waals surface area contributed by atoms with E-state index >= 15 is 0 Å². The number of carbonyl (C=O) groups excluding carboxylic acids is 3. The van der Waals surface area contributed by atoms with Crippen LogP contribution in [0.4, 0.5) is 0 Å². The standard InChI is InChI=1S/C20H42N2O3SSi2.C9H15N3OS.C4H6N2OS/c1-18(2,3)27(8,9)24-14-12-20(16(23)22-17(21-7)26-20)13-15-25-28(10,11)19(4,5)6;1-10-8-11-7(13)9(14-8)3-5-12(2)6-4-9;1-5-4-6-3(7)2-8-4/h12-15H2,1-11H3,(H,21,22,23);3-6H2,1-2H3,(H,10,11,13);2H2,1H3,(H,5,6,7). The van der Waals surface area contributed by atoms with Gasteiger partial charge in [-0.3, -0.25) is 29.4 Å². The first-order chi connectivity index (χ1) is 23.0. The summed E-state index contributed by atoms with van der Waals surface area (Å²) in [4.78, 5) is 49.4. The molecule has 4 saturated heterocycles. The summed E-state index contributed by atoms with van der Waals surface area (Å²) in [6.07, 6.45) is 3.21. The molecule has 0 aromatic heterocycles. The monoisotopic (exact) mass is 789 g/mol. The second kappa shape index (κ2) is 18.2. The van der Waals surface area contributed by atoms with Crippen molar-refractivity contribution < 1.29 is 23.2 Å². The van der Waals surface area contributed by atoms with Gasteiger partial charge in [0, 0.05) is 34.4 Å². The lowest BCUT2D eigenvalue weighted by Crippen LogP contribution is -2.46. The summed E-state index contributed by atoms with van der Waals surface area (Å²) in [5.41, 5.74) is 0. The third-order valence-corrected chi connectivity index (χ3v) is 23.4. The zero-order chi connectivity index (χ0) is 38.2. The maximum atomic E-state index is 12.9. The largest absolute Gasteiger partial charge is 0.417 e. The molecule has 0 saturated carbocycles. The molecule has 0 aliphatic carbocycles. The molecule has 0 radical (unpaired) electrons. The first kappa shape index (κ1) is 44.9. The number of nitrogens with one attached hydrogen (secondary N) is 3. The van der Waals surface area contributed by atoms with E-state index in [4.69, 9.17) is 8.85 Å². The van der Waals surface area contributed by atoms with Gasteiger partial charge in [-0.15, -0.1) is 0 Å². The maximum Gasteiger partial charge on any atom is 0.242 e. The van der Waals surface area contributed by atoms with Crippen LogP contribution in [0, 0.1) is 0 Å². The minimum Gasteiger partial charge on any atom is -0.417 e. The molecule has 12 nitrogen and oxygen atoms in total. The molecule has 0 unspecified atom stereocenters. The number of nitrogens with zero attached hydrogens (tertiary/aromatic N) is 4. The van der Waals surface area contributed by atoms with E-state index < -0.39 is 21.4 Å². The van der Waals surface area contributed by atoms with Crippen molar-refractivity contribution >= 4 is 85.1 Å². The van der Waals surface area contributed by atoms with Gasteiger partial charge in [0.05, 0.1) is 5.75 Å². The minimum absolute atomic E-state index is 0.0377. The van der Waals surface area contributed by atoms with Gasteiger partial charge in [-0.05, 0) is 82.1 Å². The van der Waals surface area contributed by atoms with E-state index in [1.165, 1.54) is 11.8 Å². The average Bonchev–Trinajstić information content (AvgIpc) is 3.68. The number of likely N-dealkylation sites (tertiary alicyclic amines) is 1. The van der Waals surface area contributed by atoms with Crippen LogP contribution in [0.1, 0.15) is 67.2 Å². The molecule has 1 spiro atoms. The van der Waals surface area contributed by atoms with Gasteiger partial charge in [0.25, 0.3) is 0 Å². The fourth-order valence-electron chi connectivity index (χ4n) is 4.72. The number of amidine groups is 3. The van der Waals surface area contributed by atoms with Crippen LogP contribution in [0.15, 0.2) is 15.0 Å². The van der Waals surface area contributed by atoms with Crippen molar-refractivity contribution in [2.24, 2.45) is 15.0 Å². The zero-order valence-corrected chi connectivity index (χ0v) is 37.4. The lowest BCUT2D eigenvalue weighted by Gasteiger charge is -2.38. The van der Waals surface area contributed by atoms with E-state index in [0.717, 1.165) is 36.3 Å². The quantitative estimate of drug-likeness (QED) is 0.270. The summed E-state index contributed by atoms with van der Waals surface area (Å²) in [5.74, 6) is 0.759. The average molecular weight is 790 g/mol. The SMILES string of the molecule is CN=C1NC(=O)C(CCO[Si](C)(C)C(C)(C)C)(CCO[Si](C)(C)C(C)(C)C)S1.CN=C1NC(=O)C2(CCN(C)CC2)S1.CN=C1NC(=O)CS1. The highest BCUT2D eigenvalue weighted by Crippen LogP contribution is 2.43. The number of thioether (sulfide) groups is 3. The van der Waals surface area contributed by atoms with E-state index in [0.29, 0.717) is 37.0 Å². The number of carbonyl (C=O) groups is 3. The van der Waals surface area contributed by atoms with Crippen molar-refractivity contribution in [3.8, 4) is 0 Å². The summed E-state index contributed by atoms with van der Waals surface area (Å²) in [5, 5.41) is 10.9. The molecule has 17 heteroatoms. The van der Waals surface area contributed by atoms with E-state index in [2.05, 4.69) is 111 Å². The second-order valence-electron chi connectivity index (χ2n) is 16.0. The lowest BCUT2D eigenvalue weighted by atomic mass is 9.95. The highest BCUT2D eigenvalue weighted by molar-refractivity contribution is 8.16. The Kier molecular flexibility index (Phi) is 16.4. The molecular formula is C33H63N7O5S3Si2. The lowest BCUT2D eigenvalue weighted by molar-refractivity contribution is -0.123. The highest BCUT2D eigenvalue weighted by atomic mass is 32.2. The topological polar surface area (TPSA) is 146 Å². The summed E-state index contributed by atoms with van der Waals surface area (Å²) >= 11 is 4.59. The predicted octanol–water partition coefficient (Wildman–Crippen LogP) is 5.53. The molecule has 4 rings (SSSR count). The molecule has 0 aromatic rings. The van der Waals surface area contributed by atoms with Crippen LogP contribution < -0.4 is 16.0 Å². The first-order valence-corrected chi connectivity index (χ1v) is 25.7. The Morgan fingerprint density at radius 3 is 1.50 bits per heavy atom. The number of amides is 3. The normalized spacial score (nSPS) is 23.4. The van der Waals surface area contributed by atoms with E-state index in [1.807, 2.05) is 0 Å². The van der Waals surface area contributed by atoms with E-state index in [-0.39, 0.29) is 32.5 Å². The number of piperidine rings is 1. The van der Waals surface area contributed by atoms with Gasteiger partial charge in [0.15, 0.2) is 32.1 Å². The molecule has 0 atom stereocenters. The van der Waals surface area contributed by atoms with Gasteiger partial charge in [0.1, 0.15) is 9.49 Å². The number of aliphatic imine (C=N–C) groups is 3. The Hall–Kier alpha value is -1.22. The summed E-state index contributed by atoms with van der Waals surface area (Å²) in [6.45, 7) is 25.6. The van der Waals surface area contributed by atoms with Crippen molar-refractivity contribution in [3.05, 3.63) is 0 Å². The van der Waals surface area contributed by atoms with Crippen LogP contribution in [0.25, 0.3) is 0 Å². The number of hydrogen-bond donors (Lipinski definition) is 3. The van der Waals surface area contributed by atoms with Gasteiger partial charge in [-0.1, -0.05) is 76.8 Å². The molecule has 4 heterocycles. The van der Waals surface area contributed by atoms with E-state index in [1.54, 1.807) is 44.7 Å². The molecular weight excluding hydrogens is 727 g/mol. The molecule has 4 aliphatic heterocycles. The smallest absolute Gasteiger partial charge is 0.242 e. The molecule has 4 fully saturated rings. The van der Waals surface area contributed by atoms with Gasteiger partial charge in [-0.2, -0.15) is 0 Å². The predicted molar refractivity (Wildman–Crippen MR) is 220 cm³/mol. The van der Waals surface area contributed by atoms with Crippen LogP contribution in [0.5, 0.6) is 0 Å². The molecule has 3 N–H and O–H groups in total. The van der Waals surface area contributed by atoms with Gasteiger partial charge >= 0.3 is 0 Å². The fourth-order valence-corrected chi connectivity index (χ4v) is 9.72. The molecule has 3 amide bonds. The minimum atomic E-state index is -1.84. The molecule has 50 heavy (non-hydrogen) atoms. The highest BCUT2D eigenvalue weighted by Gasteiger charge is 2.49. The van der Waals surface area contributed by atoms with Crippen molar-refractivity contribution in [3.63, 3.8) is 0 Å². The Balaban J connectivity index is 0.000000320. The number of rotatable bonds is 8. The second-order valence-corrected chi connectivity index (χ2v) is 29.4. The molecule has 4 aliphatic rings. The van der Waals surface area contributed by atoms with Gasteiger partial charge in [-0.25, -0.2) is 0 Å². The molecule has 286 valence electrons. The Morgan fingerprint density at radius 1 is 0.720 bits per heavy atom. The molecule has 0 aromatic carbocycles. The Morgan fingerprint density at radius 2 is 1.16 bits per heavy atom. The van der Waals surface area contributed by atoms with Crippen LogP contribution in [-0.4, -0.2) is 125 Å². The third kappa shape index (κ3) is 12.2. The van der Waals surface area contributed by atoms with Crippen LogP contribution in [0.3, 0.4) is 0 Å². The third-order valence-electron chi connectivity index (χ3n) is 10.4. The zero-order valence-electron chi connectivity index (χ0n) is 32.9. The van der Waals surface area contributed by atoms with Crippen LogP contribution >= 0.6 is 35.3 Å². The van der Waals surface area contributed by atoms with Crippen molar-refractivity contribution in [2.75, 3.05) is 60.2 Å².